The van der Waals surface area contributed by atoms with Gasteiger partial charge in [-0.15, -0.1) is 0 Å². The van der Waals surface area contributed by atoms with Crippen molar-refractivity contribution in [3.8, 4) is 0 Å². The summed E-state index contributed by atoms with van der Waals surface area (Å²) >= 11 is 0. The lowest BCUT2D eigenvalue weighted by atomic mass is 9.91. The number of rotatable bonds is 2. The lowest BCUT2D eigenvalue weighted by molar-refractivity contribution is -0.145. The minimum absolute atomic E-state index is 0.235. The second-order valence-electron chi connectivity index (χ2n) is 4.16. The molecule has 14 heavy (non-hydrogen) atoms. The van der Waals surface area contributed by atoms with Crippen LogP contribution in [-0.4, -0.2) is 39.3 Å². The summed E-state index contributed by atoms with van der Waals surface area (Å²) < 4.78 is 13.3. The standard InChI is InChI=1S/C8H12FNO4/c9-2-1-8(10,7(13)14)5-3(2)4(5)6(11)12/h2-6,11-12H,1,10H2,(H,13,14). The number of carbonyl (C=O) groups is 1. The molecular weight excluding hydrogens is 193 g/mol. The minimum atomic E-state index is -1.68. The van der Waals surface area contributed by atoms with Crippen molar-refractivity contribution in [3.05, 3.63) is 0 Å². The van der Waals surface area contributed by atoms with Crippen molar-refractivity contribution in [1.82, 2.24) is 0 Å². The van der Waals surface area contributed by atoms with Crippen molar-refractivity contribution in [2.24, 2.45) is 23.5 Å². The zero-order chi connectivity index (χ0) is 10.7. The van der Waals surface area contributed by atoms with Gasteiger partial charge in [0.15, 0.2) is 6.29 Å². The van der Waals surface area contributed by atoms with Gasteiger partial charge in [0, 0.05) is 24.2 Å². The molecule has 5 nitrogen and oxygen atoms in total. The normalized spacial score (nSPS) is 50.6. The maximum absolute atomic E-state index is 13.3. The third kappa shape index (κ3) is 1.01. The number of aliphatic hydroxyl groups excluding tert-OH is 1. The van der Waals surface area contributed by atoms with Gasteiger partial charge in [0.05, 0.1) is 0 Å². The van der Waals surface area contributed by atoms with Crippen molar-refractivity contribution >= 4 is 5.97 Å². The Balaban J connectivity index is 2.22. The van der Waals surface area contributed by atoms with Gasteiger partial charge >= 0.3 is 5.97 Å². The summed E-state index contributed by atoms with van der Waals surface area (Å²) in [4.78, 5) is 10.8. The van der Waals surface area contributed by atoms with Crippen LogP contribution in [0.5, 0.6) is 0 Å². The van der Waals surface area contributed by atoms with E-state index < -0.39 is 41.7 Å². The fourth-order valence-corrected chi connectivity index (χ4v) is 2.72. The van der Waals surface area contributed by atoms with Gasteiger partial charge in [0.2, 0.25) is 0 Å². The molecular formula is C8H12FNO4. The Bertz CT molecular complexity index is 281. The number of alkyl halides is 1. The second kappa shape index (κ2) is 2.65. The predicted octanol–water partition coefficient (Wildman–Crippen LogP) is -1.32. The van der Waals surface area contributed by atoms with Crippen molar-refractivity contribution < 1.29 is 24.5 Å². The zero-order valence-corrected chi connectivity index (χ0v) is 7.30. The van der Waals surface area contributed by atoms with E-state index in [1.54, 1.807) is 0 Å². The largest absolute Gasteiger partial charge is 0.480 e. The first-order valence-corrected chi connectivity index (χ1v) is 4.42. The van der Waals surface area contributed by atoms with Gasteiger partial charge in [0.1, 0.15) is 11.7 Å². The Kier molecular flexibility index (Phi) is 1.86. The predicted molar refractivity (Wildman–Crippen MR) is 42.8 cm³/mol. The highest BCUT2D eigenvalue weighted by Gasteiger charge is 2.73. The van der Waals surface area contributed by atoms with Gasteiger partial charge in [-0.1, -0.05) is 0 Å². The van der Waals surface area contributed by atoms with E-state index in [1.165, 1.54) is 0 Å². The molecule has 0 bridgehead atoms. The van der Waals surface area contributed by atoms with E-state index in [0.29, 0.717) is 0 Å². The Morgan fingerprint density at radius 1 is 1.57 bits per heavy atom. The summed E-state index contributed by atoms with van der Waals surface area (Å²) in [6, 6.07) is 0. The molecule has 2 saturated carbocycles. The van der Waals surface area contributed by atoms with Crippen LogP contribution in [0.4, 0.5) is 4.39 Å². The van der Waals surface area contributed by atoms with Gasteiger partial charge in [-0.05, 0) is 0 Å². The van der Waals surface area contributed by atoms with Crippen LogP contribution >= 0.6 is 0 Å². The summed E-state index contributed by atoms with van der Waals surface area (Å²) in [6.45, 7) is 0. The van der Waals surface area contributed by atoms with Gasteiger partial charge in [-0.3, -0.25) is 4.79 Å². The molecule has 0 aromatic rings. The number of halogens is 1. The lowest BCUT2D eigenvalue weighted by Crippen LogP contribution is -2.50. The van der Waals surface area contributed by atoms with Crippen LogP contribution in [0.15, 0.2) is 0 Å². The molecule has 0 heterocycles. The number of hydrogen-bond acceptors (Lipinski definition) is 4. The van der Waals surface area contributed by atoms with Crippen LogP contribution < -0.4 is 5.73 Å². The number of aliphatic carboxylic acids is 1. The molecule has 0 spiro atoms. The third-order valence-electron chi connectivity index (χ3n) is 3.42. The average molecular weight is 205 g/mol. The first-order valence-electron chi connectivity index (χ1n) is 4.42. The molecule has 2 fully saturated rings. The molecule has 0 aromatic heterocycles. The third-order valence-corrected chi connectivity index (χ3v) is 3.42. The fraction of sp³-hybridized carbons (Fsp3) is 0.875. The lowest BCUT2D eigenvalue weighted by Gasteiger charge is -2.23. The molecule has 5 atom stereocenters. The summed E-state index contributed by atoms with van der Waals surface area (Å²) in [7, 11) is 0. The molecule has 0 radical (unpaired) electrons. The van der Waals surface area contributed by atoms with E-state index in [1.807, 2.05) is 0 Å². The second-order valence-corrected chi connectivity index (χ2v) is 4.16. The van der Waals surface area contributed by atoms with E-state index in [9.17, 15) is 9.18 Å². The molecule has 6 heteroatoms. The topological polar surface area (TPSA) is 104 Å². The van der Waals surface area contributed by atoms with Crippen LogP contribution in [-0.2, 0) is 4.79 Å². The van der Waals surface area contributed by atoms with E-state index in [2.05, 4.69) is 0 Å². The van der Waals surface area contributed by atoms with Gasteiger partial charge in [0.25, 0.3) is 0 Å². The highest BCUT2D eigenvalue weighted by atomic mass is 19.1. The zero-order valence-electron chi connectivity index (χ0n) is 7.30. The number of fused-ring (bicyclic) bond motifs is 1. The molecule has 0 saturated heterocycles. The SMILES string of the molecule is NC1(C(=O)O)CC(F)C2C(C(O)O)C21. The first-order chi connectivity index (χ1) is 6.39. The number of nitrogens with two attached hydrogens (primary N) is 1. The Labute approximate surface area is 79.3 Å². The van der Waals surface area contributed by atoms with Crippen molar-refractivity contribution in [2.45, 2.75) is 24.4 Å². The summed E-state index contributed by atoms with van der Waals surface area (Å²) in [5.41, 5.74) is 3.92. The quantitative estimate of drug-likeness (QED) is 0.419. The van der Waals surface area contributed by atoms with Crippen LogP contribution in [0.2, 0.25) is 0 Å². The van der Waals surface area contributed by atoms with Crippen molar-refractivity contribution in [3.63, 3.8) is 0 Å². The molecule has 0 aromatic carbocycles. The van der Waals surface area contributed by atoms with Gasteiger partial charge < -0.3 is 21.1 Å². The van der Waals surface area contributed by atoms with Crippen LogP contribution in [0.25, 0.3) is 0 Å². The van der Waals surface area contributed by atoms with Crippen LogP contribution in [0.3, 0.4) is 0 Å². The molecule has 80 valence electrons. The Morgan fingerprint density at radius 3 is 2.50 bits per heavy atom. The summed E-state index contributed by atoms with van der Waals surface area (Å²) in [5.74, 6) is -3.23. The molecule has 2 aliphatic rings. The number of carboxylic acids is 1. The maximum Gasteiger partial charge on any atom is 0.324 e. The number of hydrogen-bond donors (Lipinski definition) is 4. The van der Waals surface area contributed by atoms with E-state index >= 15 is 0 Å². The van der Waals surface area contributed by atoms with Gasteiger partial charge in [-0.25, -0.2) is 4.39 Å². The van der Waals surface area contributed by atoms with E-state index in [-0.39, 0.29) is 6.42 Å². The molecule has 2 rings (SSSR count). The van der Waals surface area contributed by atoms with E-state index in [0.717, 1.165) is 0 Å². The summed E-state index contributed by atoms with van der Waals surface area (Å²) in [6.07, 6.45) is -3.25. The smallest absolute Gasteiger partial charge is 0.324 e. The number of aliphatic hydroxyl groups is 2. The van der Waals surface area contributed by atoms with Crippen LogP contribution in [0, 0.1) is 17.8 Å². The highest BCUT2D eigenvalue weighted by molar-refractivity contribution is 5.80. The van der Waals surface area contributed by atoms with Crippen molar-refractivity contribution in [2.75, 3.05) is 0 Å². The molecule has 0 amide bonds. The van der Waals surface area contributed by atoms with Crippen LogP contribution in [0.1, 0.15) is 6.42 Å². The minimum Gasteiger partial charge on any atom is -0.480 e. The average Bonchev–Trinajstić information content (AvgIpc) is 2.72. The fourth-order valence-electron chi connectivity index (χ4n) is 2.72. The molecule has 5 unspecified atom stereocenters. The highest BCUT2D eigenvalue weighted by Crippen LogP contribution is 2.63. The molecule has 2 aliphatic carbocycles. The van der Waals surface area contributed by atoms with Crippen molar-refractivity contribution in [1.29, 1.82) is 0 Å². The molecule has 0 aliphatic heterocycles. The summed E-state index contributed by atoms with van der Waals surface area (Å²) in [5, 5.41) is 26.6. The number of carboxylic acid groups (broad SMARTS) is 1. The Morgan fingerprint density at radius 2 is 2.14 bits per heavy atom. The molecule has 5 N–H and O–H groups in total. The van der Waals surface area contributed by atoms with Gasteiger partial charge in [-0.2, -0.15) is 0 Å². The monoisotopic (exact) mass is 205 g/mol. The maximum atomic E-state index is 13.3. The Hall–Kier alpha value is -0.720. The first kappa shape index (κ1) is 9.82. The van der Waals surface area contributed by atoms with E-state index in [4.69, 9.17) is 21.1 Å².